The highest BCUT2D eigenvalue weighted by Gasteiger charge is 2.38. The van der Waals surface area contributed by atoms with Gasteiger partial charge in [-0.3, -0.25) is 9.59 Å². The second-order valence-corrected chi connectivity index (χ2v) is 6.43. The molecule has 124 valence electrons. The van der Waals surface area contributed by atoms with Gasteiger partial charge in [0.05, 0.1) is 12.0 Å². The Hall–Kier alpha value is -1.92. The number of nitrogens with zero attached hydrogens (tertiary/aromatic N) is 1. The third-order valence-corrected chi connectivity index (χ3v) is 4.80. The first kappa shape index (κ1) is 16.0. The SMILES string of the molecule is O=C(N[C@H]1C[C@H](CO)[C@H](O)C1)[C@@H]1CC(=O)N(c2ccccc2)C1. The van der Waals surface area contributed by atoms with Crippen LogP contribution in [-0.2, 0) is 9.59 Å². The number of hydrogen-bond donors (Lipinski definition) is 3. The Bertz CT molecular complexity index is 577. The average Bonchev–Trinajstić information content (AvgIpc) is 3.11. The van der Waals surface area contributed by atoms with Gasteiger partial charge < -0.3 is 20.4 Å². The van der Waals surface area contributed by atoms with E-state index in [0.717, 1.165) is 5.69 Å². The molecule has 3 rings (SSSR count). The molecule has 2 fully saturated rings. The Balaban J connectivity index is 1.58. The van der Waals surface area contributed by atoms with Crippen molar-refractivity contribution in [1.29, 1.82) is 0 Å². The van der Waals surface area contributed by atoms with Crippen LogP contribution in [0.5, 0.6) is 0 Å². The molecule has 1 aliphatic heterocycles. The van der Waals surface area contributed by atoms with Crippen LogP contribution in [0.1, 0.15) is 19.3 Å². The summed E-state index contributed by atoms with van der Waals surface area (Å²) in [4.78, 5) is 26.2. The van der Waals surface area contributed by atoms with E-state index in [-0.39, 0.29) is 42.7 Å². The molecule has 4 atom stereocenters. The highest BCUT2D eigenvalue weighted by atomic mass is 16.3. The molecule has 1 aromatic carbocycles. The Morgan fingerprint density at radius 3 is 2.65 bits per heavy atom. The van der Waals surface area contributed by atoms with Gasteiger partial charge in [0.25, 0.3) is 0 Å². The normalized spacial score (nSPS) is 30.7. The summed E-state index contributed by atoms with van der Waals surface area (Å²) in [5, 5.41) is 21.9. The van der Waals surface area contributed by atoms with Gasteiger partial charge >= 0.3 is 0 Å². The van der Waals surface area contributed by atoms with Crippen LogP contribution >= 0.6 is 0 Å². The smallest absolute Gasteiger partial charge is 0.227 e. The van der Waals surface area contributed by atoms with Crippen molar-refractivity contribution in [2.45, 2.75) is 31.4 Å². The lowest BCUT2D eigenvalue weighted by molar-refractivity contribution is -0.126. The Morgan fingerprint density at radius 2 is 2.00 bits per heavy atom. The fourth-order valence-corrected chi connectivity index (χ4v) is 3.48. The van der Waals surface area contributed by atoms with Gasteiger partial charge in [-0.1, -0.05) is 18.2 Å². The van der Waals surface area contributed by atoms with Gasteiger partial charge in [-0.15, -0.1) is 0 Å². The lowest BCUT2D eigenvalue weighted by Gasteiger charge is -2.18. The van der Waals surface area contributed by atoms with E-state index in [1.54, 1.807) is 4.90 Å². The maximum absolute atomic E-state index is 12.4. The summed E-state index contributed by atoms with van der Waals surface area (Å²) in [7, 11) is 0. The summed E-state index contributed by atoms with van der Waals surface area (Å²) in [5.41, 5.74) is 0.810. The highest BCUT2D eigenvalue weighted by molar-refractivity contribution is 6.00. The summed E-state index contributed by atoms with van der Waals surface area (Å²) in [6, 6.07) is 9.21. The zero-order valence-corrected chi connectivity index (χ0v) is 12.9. The van der Waals surface area contributed by atoms with Crippen molar-refractivity contribution in [2.75, 3.05) is 18.1 Å². The summed E-state index contributed by atoms with van der Waals surface area (Å²) in [5.74, 6) is -0.733. The van der Waals surface area contributed by atoms with Crippen LogP contribution in [0.4, 0.5) is 5.69 Å². The molecule has 0 aromatic heterocycles. The third kappa shape index (κ3) is 3.38. The summed E-state index contributed by atoms with van der Waals surface area (Å²) in [6.07, 6.45) is 0.669. The second kappa shape index (κ2) is 6.68. The number of anilines is 1. The zero-order valence-electron chi connectivity index (χ0n) is 12.9. The molecule has 2 amide bonds. The summed E-state index contributed by atoms with van der Waals surface area (Å²) < 4.78 is 0. The van der Waals surface area contributed by atoms with Crippen molar-refractivity contribution < 1.29 is 19.8 Å². The van der Waals surface area contributed by atoms with Gasteiger partial charge in [0.15, 0.2) is 0 Å². The first-order valence-corrected chi connectivity index (χ1v) is 8.03. The topological polar surface area (TPSA) is 89.9 Å². The first-order chi connectivity index (χ1) is 11.1. The van der Waals surface area contributed by atoms with Crippen LogP contribution in [0.2, 0.25) is 0 Å². The van der Waals surface area contributed by atoms with E-state index in [1.165, 1.54) is 0 Å². The van der Waals surface area contributed by atoms with Crippen LogP contribution in [0.15, 0.2) is 30.3 Å². The van der Waals surface area contributed by atoms with E-state index in [1.807, 2.05) is 30.3 Å². The van der Waals surface area contributed by atoms with E-state index in [4.69, 9.17) is 0 Å². The van der Waals surface area contributed by atoms with Gasteiger partial charge in [-0.2, -0.15) is 0 Å². The predicted molar refractivity (Wildman–Crippen MR) is 84.6 cm³/mol. The quantitative estimate of drug-likeness (QED) is 0.744. The Labute approximate surface area is 135 Å². The third-order valence-electron chi connectivity index (χ3n) is 4.80. The average molecular weight is 318 g/mol. The number of amides is 2. The minimum atomic E-state index is -0.573. The number of para-hydroxylation sites is 1. The van der Waals surface area contributed by atoms with Crippen molar-refractivity contribution in [3.05, 3.63) is 30.3 Å². The van der Waals surface area contributed by atoms with Crippen LogP contribution in [0, 0.1) is 11.8 Å². The maximum atomic E-state index is 12.4. The molecule has 1 saturated heterocycles. The Kier molecular flexibility index (Phi) is 4.63. The molecular weight excluding hydrogens is 296 g/mol. The maximum Gasteiger partial charge on any atom is 0.227 e. The van der Waals surface area contributed by atoms with Gasteiger partial charge in [0.2, 0.25) is 11.8 Å². The molecule has 0 bridgehead atoms. The number of aliphatic hydroxyl groups excluding tert-OH is 2. The molecule has 2 aliphatic rings. The molecule has 0 spiro atoms. The van der Waals surface area contributed by atoms with Crippen LogP contribution in [0.25, 0.3) is 0 Å². The lowest BCUT2D eigenvalue weighted by Crippen LogP contribution is -2.39. The van der Waals surface area contributed by atoms with E-state index in [9.17, 15) is 19.8 Å². The number of carbonyl (C=O) groups is 2. The molecule has 6 heteroatoms. The molecule has 0 unspecified atom stereocenters. The van der Waals surface area contributed by atoms with Gasteiger partial charge in [-0.05, 0) is 25.0 Å². The van der Waals surface area contributed by atoms with E-state index in [2.05, 4.69) is 5.32 Å². The van der Waals surface area contributed by atoms with Gasteiger partial charge in [-0.25, -0.2) is 0 Å². The van der Waals surface area contributed by atoms with Crippen LogP contribution in [0.3, 0.4) is 0 Å². The number of aliphatic hydroxyl groups is 2. The largest absolute Gasteiger partial charge is 0.396 e. The summed E-state index contributed by atoms with van der Waals surface area (Å²) in [6.45, 7) is 0.310. The van der Waals surface area contributed by atoms with Gasteiger partial charge in [0, 0.05) is 37.2 Å². The highest BCUT2D eigenvalue weighted by Crippen LogP contribution is 2.28. The zero-order chi connectivity index (χ0) is 16.4. The standard InChI is InChI=1S/C17H22N2O4/c20-10-12-6-13(8-15(12)21)18-17(23)11-7-16(22)19(9-11)14-4-2-1-3-5-14/h1-5,11-13,15,20-21H,6-10H2,(H,18,23)/t11-,12-,13+,15-/m1/s1. The lowest BCUT2D eigenvalue weighted by atomic mass is 10.1. The van der Waals surface area contributed by atoms with Crippen molar-refractivity contribution in [3.63, 3.8) is 0 Å². The van der Waals surface area contributed by atoms with Crippen molar-refractivity contribution in [3.8, 4) is 0 Å². The van der Waals surface area contributed by atoms with Crippen molar-refractivity contribution >= 4 is 17.5 Å². The van der Waals surface area contributed by atoms with Gasteiger partial charge in [0.1, 0.15) is 0 Å². The van der Waals surface area contributed by atoms with Crippen molar-refractivity contribution in [2.24, 2.45) is 11.8 Å². The number of hydrogen-bond acceptors (Lipinski definition) is 4. The summed E-state index contributed by atoms with van der Waals surface area (Å²) >= 11 is 0. The molecule has 6 nitrogen and oxygen atoms in total. The van der Waals surface area contributed by atoms with Crippen LogP contribution < -0.4 is 10.2 Å². The number of benzene rings is 1. The molecule has 1 aromatic rings. The molecule has 3 N–H and O–H groups in total. The van der Waals surface area contributed by atoms with Crippen LogP contribution in [-0.4, -0.2) is 47.3 Å². The first-order valence-electron chi connectivity index (χ1n) is 8.03. The molecule has 1 heterocycles. The predicted octanol–water partition coefficient (Wildman–Crippen LogP) is 0.287. The molecule has 0 radical (unpaired) electrons. The molecular formula is C17H22N2O4. The molecule has 23 heavy (non-hydrogen) atoms. The number of carbonyl (C=O) groups excluding carboxylic acids is 2. The minimum Gasteiger partial charge on any atom is -0.396 e. The monoisotopic (exact) mass is 318 g/mol. The van der Waals surface area contributed by atoms with E-state index < -0.39 is 6.10 Å². The fraction of sp³-hybridized carbons (Fsp3) is 0.529. The molecule has 1 saturated carbocycles. The Morgan fingerprint density at radius 1 is 1.26 bits per heavy atom. The fourth-order valence-electron chi connectivity index (χ4n) is 3.48. The minimum absolute atomic E-state index is 0.0453. The number of rotatable bonds is 4. The second-order valence-electron chi connectivity index (χ2n) is 6.43. The number of nitrogens with one attached hydrogen (secondary N) is 1. The van der Waals surface area contributed by atoms with E-state index in [0.29, 0.717) is 19.4 Å². The molecule has 1 aliphatic carbocycles. The van der Waals surface area contributed by atoms with Crippen molar-refractivity contribution in [1.82, 2.24) is 5.32 Å². The van der Waals surface area contributed by atoms with E-state index >= 15 is 0 Å².